The first kappa shape index (κ1) is 21.2. The molecule has 7 nitrogen and oxygen atoms in total. The molecule has 0 aliphatic carbocycles. The molecule has 0 unspecified atom stereocenters. The molecule has 1 heterocycles. The summed E-state index contributed by atoms with van der Waals surface area (Å²) < 4.78 is 10.6. The number of hydrogen-bond acceptors (Lipinski definition) is 6. The summed E-state index contributed by atoms with van der Waals surface area (Å²) in [6.07, 6.45) is 3.33. The molecule has 1 amide bonds. The number of nitrogens with zero attached hydrogens (tertiary/aromatic N) is 2. The lowest BCUT2D eigenvalue weighted by atomic mass is 10.2. The Hall–Kier alpha value is -3.52. The van der Waals surface area contributed by atoms with Crippen LogP contribution in [0.25, 0.3) is 6.08 Å². The lowest BCUT2D eigenvalue weighted by Crippen LogP contribution is -2.29. The van der Waals surface area contributed by atoms with E-state index < -0.39 is 5.97 Å². The Balaban J connectivity index is 2.00. The summed E-state index contributed by atoms with van der Waals surface area (Å²) in [6, 6.07) is 11.7. The third-order valence-electron chi connectivity index (χ3n) is 4.26. The maximum atomic E-state index is 12.9. The van der Waals surface area contributed by atoms with Gasteiger partial charge in [-0.05, 0) is 47.7 Å². The Morgan fingerprint density at radius 3 is 2.60 bits per heavy atom. The molecule has 3 rings (SSSR count). The van der Waals surface area contributed by atoms with Gasteiger partial charge in [-0.1, -0.05) is 24.3 Å². The van der Waals surface area contributed by atoms with E-state index in [4.69, 9.17) is 9.47 Å². The highest BCUT2D eigenvalue weighted by Crippen LogP contribution is 2.36. The number of carbonyl (C=O) groups is 2. The quantitative estimate of drug-likeness (QED) is 0.530. The molecule has 2 aromatic rings. The number of carbonyl (C=O) groups excluding carboxylic acids is 1. The van der Waals surface area contributed by atoms with E-state index in [1.54, 1.807) is 56.7 Å². The number of amides is 1. The summed E-state index contributed by atoms with van der Waals surface area (Å²) in [5.74, 6) is -0.178. The van der Waals surface area contributed by atoms with Crippen LogP contribution < -0.4 is 9.47 Å². The van der Waals surface area contributed by atoms with Crippen molar-refractivity contribution >= 4 is 40.6 Å². The monoisotopic (exact) mass is 424 g/mol. The maximum Gasteiger partial charge on any atom is 0.337 e. The highest BCUT2D eigenvalue weighted by atomic mass is 32.2. The van der Waals surface area contributed by atoms with Gasteiger partial charge in [-0.2, -0.15) is 0 Å². The third kappa shape index (κ3) is 4.38. The first-order valence-corrected chi connectivity index (χ1v) is 9.75. The summed E-state index contributed by atoms with van der Waals surface area (Å²) in [7, 11) is 3.10. The second-order valence-electron chi connectivity index (χ2n) is 6.15. The van der Waals surface area contributed by atoms with Crippen molar-refractivity contribution in [1.82, 2.24) is 4.90 Å². The minimum absolute atomic E-state index is 0.0638. The molecule has 0 aromatic heterocycles. The topological polar surface area (TPSA) is 88.4 Å². The number of benzene rings is 2. The average Bonchev–Trinajstić information content (AvgIpc) is 3.03. The highest BCUT2D eigenvalue weighted by Gasteiger charge is 2.33. The van der Waals surface area contributed by atoms with Crippen LogP contribution in [-0.4, -0.2) is 47.8 Å². The van der Waals surface area contributed by atoms with Crippen LogP contribution in [0.15, 0.2) is 65.0 Å². The molecule has 154 valence electrons. The summed E-state index contributed by atoms with van der Waals surface area (Å²) in [5, 5.41) is 9.78. The number of para-hydroxylation sites is 1. The maximum absolute atomic E-state index is 12.9. The number of aliphatic imine (C=N–C) groups is 1. The fraction of sp³-hybridized carbons (Fsp3) is 0.136. The van der Waals surface area contributed by atoms with Gasteiger partial charge in [-0.25, -0.2) is 9.79 Å². The van der Waals surface area contributed by atoms with Gasteiger partial charge in [0.1, 0.15) is 0 Å². The van der Waals surface area contributed by atoms with Gasteiger partial charge >= 0.3 is 5.97 Å². The Morgan fingerprint density at radius 1 is 1.20 bits per heavy atom. The van der Waals surface area contributed by atoms with Crippen molar-refractivity contribution in [3.8, 4) is 11.5 Å². The summed E-state index contributed by atoms with van der Waals surface area (Å²) in [5.41, 5.74) is 1.10. The molecule has 0 radical (unpaired) electrons. The first-order valence-electron chi connectivity index (χ1n) is 8.93. The molecular weight excluding hydrogens is 404 g/mol. The normalized spacial score (nSPS) is 16.2. The van der Waals surface area contributed by atoms with Gasteiger partial charge in [0.15, 0.2) is 16.7 Å². The predicted molar refractivity (Wildman–Crippen MR) is 118 cm³/mol. The van der Waals surface area contributed by atoms with Crippen molar-refractivity contribution < 1.29 is 24.2 Å². The van der Waals surface area contributed by atoms with Gasteiger partial charge in [0.05, 0.1) is 30.4 Å². The highest BCUT2D eigenvalue weighted by molar-refractivity contribution is 8.18. The van der Waals surface area contributed by atoms with Crippen LogP contribution >= 0.6 is 11.8 Å². The van der Waals surface area contributed by atoms with E-state index in [0.29, 0.717) is 21.6 Å². The SMILES string of the molecule is C=CCN1C(=O)/C(=C/c2ccc(OC)c(OC)c2)SC1=Nc1ccccc1C(=O)O. The number of thioether (sulfide) groups is 1. The van der Waals surface area contributed by atoms with Crippen molar-refractivity contribution in [2.45, 2.75) is 0 Å². The molecule has 1 aliphatic heterocycles. The molecule has 8 heteroatoms. The molecule has 1 fully saturated rings. The standard InChI is InChI=1S/C22H20N2O5S/c1-4-11-24-20(25)19(13-14-9-10-17(28-2)18(12-14)29-3)30-22(24)23-16-8-6-5-7-15(16)21(26)27/h4-10,12-13H,1,11H2,2-3H3,(H,26,27)/b19-13-,23-22?. The minimum atomic E-state index is -1.08. The van der Waals surface area contributed by atoms with E-state index in [2.05, 4.69) is 11.6 Å². The van der Waals surface area contributed by atoms with E-state index >= 15 is 0 Å². The number of ether oxygens (including phenoxy) is 2. The Morgan fingerprint density at radius 2 is 1.93 bits per heavy atom. The summed E-state index contributed by atoms with van der Waals surface area (Å²) in [6.45, 7) is 3.95. The Kier molecular flexibility index (Phi) is 6.58. The van der Waals surface area contributed by atoms with Crippen molar-refractivity contribution in [2.24, 2.45) is 4.99 Å². The van der Waals surface area contributed by atoms with Crippen molar-refractivity contribution in [2.75, 3.05) is 20.8 Å². The number of amidine groups is 1. The van der Waals surface area contributed by atoms with E-state index in [1.165, 1.54) is 22.7 Å². The van der Waals surface area contributed by atoms with Crippen LogP contribution in [-0.2, 0) is 4.79 Å². The first-order chi connectivity index (χ1) is 14.5. The zero-order valence-corrected chi connectivity index (χ0v) is 17.3. The van der Waals surface area contributed by atoms with Crippen molar-refractivity contribution in [1.29, 1.82) is 0 Å². The van der Waals surface area contributed by atoms with Crippen LogP contribution in [0.3, 0.4) is 0 Å². The Labute approximate surface area is 178 Å². The minimum Gasteiger partial charge on any atom is -0.493 e. The largest absolute Gasteiger partial charge is 0.493 e. The fourth-order valence-corrected chi connectivity index (χ4v) is 3.83. The third-order valence-corrected chi connectivity index (χ3v) is 5.26. The van der Waals surface area contributed by atoms with E-state index in [1.807, 2.05) is 6.07 Å². The molecule has 1 saturated heterocycles. The smallest absolute Gasteiger partial charge is 0.337 e. The molecule has 0 spiro atoms. The van der Waals surface area contributed by atoms with Gasteiger partial charge in [-0.15, -0.1) is 6.58 Å². The Bertz CT molecular complexity index is 1060. The van der Waals surface area contributed by atoms with Crippen LogP contribution in [0, 0.1) is 0 Å². The molecular formula is C22H20N2O5S. The lowest BCUT2D eigenvalue weighted by Gasteiger charge is -2.13. The van der Waals surface area contributed by atoms with Gasteiger partial charge in [0.2, 0.25) is 0 Å². The summed E-state index contributed by atoms with van der Waals surface area (Å²) in [4.78, 5) is 30.8. The zero-order chi connectivity index (χ0) is 21.7. The molecule has 2 aromatic carbocycles. The van der Waals surface area contributed by atoms with E-state index in [9.17, 15) is 14.7 Å². The molecule has 0 saturated carbocycles. The van der Waals surface area contributed by atoms with E-state index in [-0.39, 0.29) is 23.7 Å². The zero-order valence-electron chi connectivity index (χ0n) is 16.5. The van der Waals surface area contributed by atoms with Crippen LogP contribution in [0.4, 0.5) is 5.69 Å². The van der Waals surface area contributed by atoms with Crippen LogP contribution in [0.2, 0.25) is 0 Å². The average molecular weight is 424 g/mol. The fourth-order valence-electron chi connectivity index (χ4n) is 2.83. The van der Waals surface area contributed by atoms with Gasteiger partial charge < -0.3 is 14.6 Å². The molecule has 0 bridgehead atoms. The number of aromatic carboxylic acids is 1. The molecule has 30 heavy (non-hydrogen) atoms. The number of methoxy groups -OCH3 is 2. The number of hydrogen-bond donors (Lipinski definition) is 1. The van der Waals surface area contributed by atoms with Gasteiger partial charge in [0.25, 0.3) is 5.91 Å². The molecule has 0 atom stereocenters. The molecule has 1 aliphatic rings. The van der Waals surface area contributed by atoms with Crippen LogP contribution in [0.1, 0.15) is 15.9 Å². The number of carboxylic acids is 1. The second-order valence-corrected chi connectivity index (χ2v) is 7.16. The van der Waals surface area contributed by atoms with Crippen LogP contribution in [0.5, 0.6) is 11.5 Å². The van der Waals surface area contributed by atoms with E-state index in [0.717, 1.165) is 5.56 Å². The van der Waals surface area contributed by atoms with Crippen molar-refractivity contribution in [3.05, 3.63) is 71.2 Å². The number of rotatable bonds is 7. The molecule has 1 N–H and O–H groups in total. The number of carboxylic acid groups (broad SMARTS) is 1. The second kappa shape index (κ2) is 9.32. The van der Waals surface area contributed by atoms with Gasteiger partial charge in [0, 0.05) is 6.54 Å². The lowest BCUT2D eigenvalue weighted by molar-refractivity contribution is -0.121. The van der Waals surface area contributed by atoms with Crippen molar-refractivity contribution in [3.63, 3.8) is 0 Å². The van der Waals surface area contributed by atoms with Gasteiger partial charge in [-0.3, -0.25) is 9.69 Å². The summed E-state index contributed by atoms with van der Waals surface area (Å²) >= 11 is 1.18. The predicted octanol–water partition coefficient (Wildman–Crippen LogP) is 4.19.